The molecule has 7 heteroatoms. The van der Waals surface area contributed by atoms with Crippen molar-refractivity contribution in [2.75, 3.05) is 19.1 Å². The maximum Gasteiger partial charge on any atom is 0.232 e. The van der Waals surface area contributed by atoms with Gasteiger partial charge in [0.2, 0.25) is 5.91 Å². The number of carbonyl (C=O) groups excluding carboxylic acids is 2. The normalized spacial score (nSPS) is 19.8. The van der Waals surface area contributed by atoms with E-state index >= 15 is 0 Å². The molecule has 3 aromatic rings. The summed E-state index contributed by atoms with van der Waals surface area (Å²) >= 11 is 12.9. The molecule has 0 saturated heterocycles. The third-order valence-corrected chi connectivity index (χ3v) is 7.82. The molecule has 184 valence electrons. The summed E-state index contributed by atoms with van der Waals surface area (Å²) in [7, 11) is 3.13. The summed E-state index contributed by atoms with van der Waals surface area (Å²) in [6.07, 6.45) is 0.982. The standard InChI is InChI=1S/C29H25Cl2NO4/c1-35-19-11-12-23(26(15-19)36-2)32-24-13-18(17-7-4-3-5-8-17)14-25(33)28(24)21(16-27(32)34)20-9-6-10-22(30)29(20)31/h3-12,15,18,21H,13-14,16H2,1-2H3. The van der Waals surface area contributed by atoms with Crippen LogP contribution in [0.15, 0.2) is 78.0 Å². The summed E-state index contributed by atoms with van der Waals surface area (Å²) in [4.78, 5) is 29.3. The molecule has 0 radical (unpaired) electrons. The van der Waals surface area contributed by atoms with Crippen LogP contribution in [0, 0.1) is 0 Å². The number of ether oxygens (including phenoxy) is 2. The Hall–Kier alpha value is -3.28. The maximum atomic E-state index is 13.8. The van der Waals surface area contributed by atoms with Gasteiger partial charge in [-0.05, 0) is 41.7 Å². The first-order chi connectivity index (χ1) is 17.4. The van der Waals surface area contributed by atoms with E-state index in [1.165, 1.54) is 0 Å². The molecule has 0 spiro atoms. The highest BCUT2D eigenvalue weighted by Gasteiger charge is 2.43. The fourth-order valence-electron chi connectivity index (χ4n) is 5.30. The number of hydrogen-bond acceptors (Lipinski definition) is 4. The quantitative estimate of drug-likeness (QED) is 0.365. The lowest BCUT2D eigenvalue weighted by Crippen LogP contribution is -2.42. The number of halogens is 2. The summed E-state index contributed by atoms with van der Waals surface area (Å²) < 4.78 is 11.0. The number of hydrogen-bond donors (Lipinski definition) is 0. The van der Waals surface area contributed by atoms with E-state index < -0.39 is 5.92 Å². The molecular weight excluding hydrogens is 497 g/mol. The van der Waals surface area contributed by atoms with Crippen molar-refractivity contribution < 1.29 is 19.1 Å². The fourth-order valence-corrected chi connectivity index (χ4v) is 5.74. The molecule has 0 fully saturated rings. The van der Waals surface area contributed by atoms with E-state index in [1.54, 1.807) is 49.5 Å². The lowest BCUT2D eigenvalue weighted by atomic mass is 9.72. The highest BCUT2D eigenvalue weighted by atomic mass is 35.5. The van der Waals surface area contributed by atoms with Gasteiger partial charge in [0.15, 0.2) is 5.78 Å². The number of nitrogens with zero attached hydrogens (tertiary/aromatic N) is 1. The molecule has 0 saturated carbocycles. The summed E-state index contributed by atoms with van der Waals surface area (Å²) in [5.41, 5.74) is 3.63. The number of allylic oxidation sites excluding steroid dienone is 2. The van der Waals surface area contributed by atoms with Gasteiger partial charge in [0.05, 0.1) is 30.0 Å². The predicted octanol–water partition coefficient (Wildman–Crippen LogP) is 6.93. The summed E-state index contributed by atoms with van der Waals surface area (Å²) in [5.74, 6) is 0.452. The Bertz CT molecular complexity index is 1370. The van der Waals surface area contributed by atoms with Gasteiger partial charge in [0.1, 0.15) is 11.5 Å². The molecule has 0 aromatic heterocycles. The molecule has 3 aromatic carbocycles. The van der Waals surface area contributed by atoms with Crippen molar-refractivity contribution in [1.29, 1.82) is 0 Å². The molecule has 1 aliphatic carbocycles. The van der Waals surface area contributed by atoms with E-state index in [2.05, 4.69) is 0 Å². The Morgan fingerprint density at radius 1 is 0.861 bits per heavy atom. The van der Waals surface area contributed by atoms with Crippen molar-refractivity contribution >= 4 is 40.6 Å². The van der Waals surface area contributed by atoms with Gasteiger partial charge in [0.25, 0.3) is 0 Å². The number of ketones is 1. The number of methoxy groups -OCH3 is 2. The molecule has 5 nitrogen and oxygen atoms in total. The minimum Gasteiger partial charge on any atom is -0.497 e. The second kappa shape index (κ2) is 10.00. The lowest BCUT2D eigenvalue weighted by molar-refractivity contribution is -0.120. The first kappa shape index (κ1) is 24.4. The monoisotopic (exact) mass is 521 g/mol. The second-order valence-corrected chi connectivity index (χ2v) is 9.75. The Kier molecular flexibility index (Phi) is 6.78. The molecule has 1 aliphatic heterocycles. The van der Waals surface area contributed by atoms with Gasteiger partial charge in [-0.1, -0.05) is 65.7 Å². The van der Waals surface area contributed by atoms with Crippen molar-refractivity contribution in [1.82, 2.24) is 0 Å². The molecule has 2 atom stereocenters. The van der Waals surface area contributed by atoms with E-state index in [0.717, 1.165) is 5.56 Å². The van der Waals surface area contributed by atoms with Crippen LogP contribution in [-0.4, -0.2) is 25.9 Å². The summed E-state index contributed by atoms with van der Waals surface area (Å²) in [6, 6.07) is 20.6. The maximum absolute atomic E-state index is 13.8. The van der Waals surface area contributed by atoms with E-state index in [0.29, 0.717) is 56.9 Å². The van der Waals surface area contributed by atoms with Crippen LogP contribution in [0.25, 0.3) is 0 Å². The van der Waals surface area contributed by atoms with Crippen molar-refractivity contribution in [2.45, 2.75) is 31.1 Å². The van der Waals surface area contributed by atoms with E-state index in [1.807, 2.05) is 36.4 Å². The number of carbonyl (C=O) groups is 2. The van der Waals surface area contributed by atoms with Crippen molar-refractivity contribution in [3.63, 3.8) is 0 Å². The predicted molar refractivity (Wildman–Crippen MR) is 141 cm³/mol. The average molecular weight is 522 g/mol. The number of anilines is 1. The SMILES string of the molecule is COc1ccc(N2C(=O)CC(c3cccc(Cl)c3Cl)C3=C2CC(c2ccccc2)CC3=O)c(OC)c1. The zero-order chi connectivity index (χ0) is 25.4. The molecular formula is C29H25Cl2NO4. The zero-order valence-corrected chi connectivity index (χ0v) is 21.5. The van der Waals surface area contributed by atoms with Gasteiger partial charge in [-0.3, -0.25) is 14.5 Å². The smallest absolute Gasteiger partial charge is 0.232 e. The van der Waals surface area contributed by atoms with Crippen LogP contribution >= 0.6 is 23.2 Å². The number of benzene rings is 3. The Morgan fingerprint density at radius 3 is 2.36 bits per heavy atom. The van der Waals surface area contributed by atoms with Gasteiger partial charge in [-0.25, -0.2) is 0 Å². The molecule has 36 heavy (non-hydrogen) atoms. The number of amides is 1. The largest absolute Gasteiger partial charge is 0.497 e. The Labute approximate surface area is 220 Å². The summed E-state index contributed by atoms with van der Waals surface area (Å²) in [6.45, 7) is 0. The van der Waals surface area contributed by atoms with Crippen LogP contribution in [-0.2, 0) is 9.59 Å². The van der Waals surface area contributed by atoms with Gasteiger partial charge in [-0.15, -0.1) is 0 Å². The first-order valence-electron chi connectivity index (χ1n) is 11.7. The molecule has 0 N–H and O–H groups in total. The van der Waals surface area contributed by atoms with Crippen LogP contribution in [0.4, 0.5) is 5.69 Å². The molecule has 2 aliphatic rings. The third kappa shape index (κ3) is 4.27. The van der Waals surface area contributed by atoms with Gasteiger partial charge in [-0.2, -0.15) is 0 Å². The fraction of sp³-hybridized carbons (Fsp3) is 0.241. The molecule has 1 heterocycles. The molecule has 5 rings (SSSR count). The Morgan fingerprint density at radius 2 is 1.64 bits per heavy atom. The highest BCUT2D eigenvalue weighted by molar-refractivity contribution is 6.42. The van der Waals surface area contributed by atoms with Crippen molar-refractivity contribution in [2.24, 2.45) is 0 Å². The average Bonchev–Trinajstić information content (AvgIpc) is 2.90. The second-order valence-electron chi connectivity index (χ2n) is 8.97. The molecule has 0 bridgehead atoms. The molecule has 2 unspecified atom stereocenters. The van der Waals surface area contributed by atoms with Gasteiger partial charge >= 0.3 is 0 Å². The van der Waals surface area contributed by atoms with Crippen LogP contribution in [0.3, 0.4) is 0 Å². The zero-order valence-electron chi connectivity index (χ0n) is 20.0. The van der Waals surface area contributed by atoms with Crippen LogP contribution in [0.5, 0.6) is 11.5 Å². The van der Waals surface area contributed by atoms with E-state index in [-0.39, 0.29) is 24.0 Å². The minimum atomic E-state index is -0.469. The van der Waals surface area contributed by atoms with E-state index in [4.69, 9.17) is 32.7 Å². The number of Topliss-reactive ketones (excluding diaryl/α,β-unsaturated/α-hetero) is 1. The van der Waals surface area contributed by atoms with Crippen LogP contribution in [0.1, 0.15) is 42.2 Å². The van der Waals surface area contributed by atoms with Crippen LogP contribution in [0.2, 0.25) is 10.0 Å². The number of rotatable bonds is 5. The van der Waals surface area contributed by atoms with Crippen LogP contribution < -0.4 is 14.4 Å². The summed E-state index contributed by atoms with van der Waals surface area (Å²) in [5, 5.41) is 0.769. The van der Waals surface area contributed by atoms with Crippen molar-refractivity contribution in [3.05, 3.63) is 99.2 Å². The van der Waals surface area contributed by atoms with Crippen molar-refractivity contribution in [3.8, 4) is 11.5 Å². The van der Waals surface area contributed by atoms with Gasteiger partial charge < -0.3 is 9.47 Å². The lowest BCUT2D eigenvalue weighted by Gasteiger charge is -2.41. The Balaban J connectivity index is 1.70. The molecule has 1 amide bonds. The highest BCUT2D eigenvalue weighted by Crippen LogP contribution is 2.50. The third-order valence-electron chi connectivity index (χ3n) is 6.99. The van der Waals surface area contributed by atoms with E-state index in [9.17, 15) is 9.59 Å². The van der Waals surface area contributed by atoms with Gasteiger partial charge in [0, 0.05) is 36.1 Å². The first-order valence-corrected chi connectivity index (χ1v) is 12.5. The minimum absolute atomic E-state index is 0.0103. The topological polar surface area (TPSA) is 55.8 Å².